The fraction of sp³-hybridized carbons (Fsp3) is 0.222. The van der Waals surface area contributed by atoms with E-state index in [4.69, 9.17) is 11.6 Å². The predicted molar refractivity (Wildman–Crippen MR) is 89.8 cm³/mol. The van der Waals surface area contributed by atoms with Crippen molar-refractivity contribution in [1.82, 2.24) is 14.7 Å². The Morgan fingerprint density at radius 1 is 1.29 bits per heavy atom. The Bertz CT molecular complexity index is 918. The number of pyridine rings is 1. The average Bonchev–Trinajstić information content (AvgIpc) is 3.00. The summed E-state index contributed by atoms with van der Waals surface area (Å²) in [5.74, 6) is -0.185. The van der Waals surface area contributed by atoms with Gasteiger partial charge in [-0.15, -0.1) is 0 Å². The van der Waals surface area contributed by atoms with Gasteiger partial charge in [0.1, 0.15) is 5.82 Å². The molecule has 2 aromatic heterocycles. The average molecular weight is 344 g/mol. The van der Waals surface area contributed by atoms with Crippen LogP contribution in [0, 0.1) is 5.82 Å². The molecule has 1 aromatic carbocycles. The quantitative estimate of drug-likeness (QED) is 0.786. The van der Waals surface area contributed by atoms with Crippen LogP contribution in [0.3, 0.4) is 0 Å². The van der Waals surface area contributed by atoms with Crippen LogP contribution in [-0.4, -0.2) is 21.3 Å². The maximum Gasteiger partial charge on any atom is 0.252 e. The summed E-state index contributed by atoms with van der Waals surface area (Å²) in [4.78, 5) is 16.4. The number of benzene rings is 1. The minimum atomic E-state index is -0.403. The maximum atomic E-state index is 13.2. The molecule has 1 fully saturated rings. The monoisotopic (exact) mass is 343 g/mol. The Hall–Kier alpha value is -2.40. The van der Waals surface area contributed by atoms with Gasteiger partial charge in [-0.3, -0.25) is 4.79 Å². The highest BCUT2D eigenvalue weighted by Crippen LogP contribution is 2.38. The molecule has 24 heavy (non-hydrogen) atoms. The molecule has 0 atom stereocenters. The van der Waals surface area contributed by atoms with Gasteiger partial charge in [0, 0.05) is 12.2 Å². The van der Waals surface area contributed by atoms with Crippen molar-refractivity contribution >= 4 is 23.0 Å². The molecule has 1 aliphatic carbocycles. The van der Waals surface area contributed by atoms with Crippen molar-refractivity contribution < 1.29 is 9.18 Å². The van der Waals surface area contributed by atoms with E-state index in [1.54, 1.807) is 36.9 Å². The topological polar surface area (TPSA) is 46.4 Å². The summed E-state index contributed by atoms with van der Waals surface area (Å²) < 4.78 is 15.0. The van der Waals surface area contributed by atoms with E-state index < -0.39 is 5.82 Å². The van der Waals surface area contributed by atoms with Crippen LogP contribution in [0.5, 0.6) is 0 Å². The first-order valence-electron chi connectivity index (χ1n) is 7.77. The lowest BCUT2D eigenvalue weighted by Gasteiger charge is -2.36. The van der Waals surface area contributed by atoms with E-state index in [1.165, 1.54) is 6.07 Å². The van der Waals surface area contributed by atoms with Crippen molar-refractivity contribution in [2.45, 2.75) is 24.8 Å². The SMILES string of the molecule is O=C(NC1CC(c2ccc(F)c(Cl)c2)C1)c1ccc2cncn2c1. The van der Waals surface area contributed by atoms with Gasteiger partial charge in [0.05, 0.1) is 28.6 Å². The van der Waals surface area contributed by atoms with Gasteiger partial charge in [-0.25, -0.2) is 9.37 Å². The molecule has 1 amide bonds. The van der Waals surface area contributed by atoms with Gasteiger partial charge in [-0.05, 0) is 48.6 Å². The zero-order chi connectivity index (χ0) is 16.7. The van der Waals surface area contributed by atoms with E-state index >= 15 is 0 Å². The zero-order valence-electron chi connectivity index (χ0n) is 12.7. The second-order valence-electron chi connectivity index (χ2n) is 6.16. The largest absolute Gasteiger partial charge is 0.349 e. The molecular formula is C18H15ClFN3O. The van der Waals surface area contributed by atoms with E-state index in [2.05, 4.69) is 10.3 Å². The highest BCUT2D eigenvalue weighted by Gasteiger charge is 2.31. The molecule has 6 heteroatoms. The number of hydrogen-bond donors (Lipinski definition) is 1. The van der Waals surface area contributed by atoms with Crippen LogP contribution in [0.4, 0.5) is 4.39 Å². The molecule has 0 radical (unpaired) electrons. The van der Waals surface area contributed by atoms with Crippen molar-refractivity contribution in [3.8, 4) is 0 Å². The fourth-order valence-electron chi connectivity index (χ4n) is 3.10. The van der Waals surface area contributed by atoms with Crippen molar-refractivity contribution in [1.29, 1.82) is 0 Å². The molecule has 4 rings (SSSR count). The van der Waals surface area contributed by atoms with Gasteiger partial charge < -0.3 is 9.72 Å². The molecule has 0 unspecified atom stereocenters. The first-order chi connectivity index (χ1) is 11.6. The highest BCUT2D eigenvalue weighted by atomic mass is 35.5. The van der Waals surface area contributed by atoms with E-state index in [1.807, 2.05) is 10.5 Å². The molecular weight excluding hydrogens is 329 g/mol. The lowest BCUT2D eigenvalue weighted by molar-refractivity contribution is 0.0908. The Morgan fingerprint density at radius 2 is 2.12 bits per heavy atom. The van der Waals surface area contributed by atoms with E-state index in [0.29, 0.717) is 11.5 Å². The number of nitrogens with zero attached hydrogens (tertiary/aromatic N) is 2. The molecule has 1 aliphatic rings. The van der Waals surface area contributed by atoms with Gasteiger partial charge >= 0.3 is 0 Å². The molecule has 0 saturated heterocycles. The lowest BCUT2D eigenvalue weighted by Crippen LogP contribution is -2.43. The first kappa shape index (κ1) is 15.1. The van der Waals surface area contributed by atoms with Crippen LogP contribution in [0.1, 0.15) is 34.7 Å². The van der Waals surface area contributed by atoms with E-state index in [9.17, 15) is 9.18 Å². The molecule has 0 aliphatic heterocycles. The van der Waals surface area contributed by atoms with Crippen LogP contribution in [0.25, 0.3) is 5.52 Å². The fourth-order valence-corrected chi connectivity index (χ4v) is 3.29. The molecule has 4 nitrogen and oxygen atoms in total. The van der Waals surface area contributed by atoms with Gasteiger partial charge in [0.2, 0.25) is 0 Å². The number of aromatic nitrogens is 2. The van der Waals surface area contributed by atoms with Crippen LogP contribution in [-0.2, 0) is 0 Å². The van der Waals surface area contributed by atoms with Gasteiger partial charge in [0.15, 0.2) is 0 Å². The summed E-state index contributed by atoms with van der Waals surface area (Å²) >= 11 is 5.83. The normalized spacial score (nSPS) is 19.9. The Morgan fingerprint density at radius 3 is 2.92 bits per heavy atom. The Balaban J connectivity index is 1.38. The predicted octanol–water partition coefficient (Wildman–Crippen LogP) is 3.80. The van der Waals surface area contributed by atoms with Crippen LogP contribution < -0.4 is 5.32 Å². The van der Waals surface area contributed by atoms with Gasteiger partial charge in [0.25, 0.3) is 5.91 Å². The maximum absolute atomic E-state index is 13.2. The first-order valence-corrected chi connectivity index (χ1v) is 8.15. The molecule has 3 aromatic rings. The summed E-state index contributed by atoms with van der Waals surface area (Å²) in [5, 5.41) is 3.18. The number of hydrogen-bond acceptors (Lipinski definition) is 2. The minimum Gasteiger partial charge on any atom is -0.349 e. The molecule has 2 heterocycles. The van der Waals surface area contributed by atoms with Gasteiger partial charge in [-0.1, -0.05) is 17.7 Å². The summed E-state index contributed by atoms with van der Waals surface area (Å²) in [5.41, 5.74) is 2.57. The second-order valence-corrected chi connectivity index (χ2v) is 6.56. The van der Waals surface area contributed by atoms with Crippen molar-refractivity contribution in [2.75, 3.05) is 0 Å². The number of carbonyl (C=O) groups excluding carboxylic acids is 1. The summed E-state index contributed by atoms with van der Waals surface area (Å²) in [7, 11) is 0. The second kappa shape index (κ2) is 5.91. The molecule has 1 saturated carbocycles. The number of imidazole rings is 1. The minimum absolute atomic E-state index is 0.0915. The standard InChI is InChI=1S/C18H15ClFN3O/c19-16-7-11(2-4-17(16)20)13-5-14(6-13)22-18(24)12-1-3-15-8-21-10-23(15)9-12/h1-4,7-10,13-14H,5-6H2,(H,22,24). The van der Waals surface area contributed by atoms with E-state index in [-0.39, 0.29) is 17.0 Å². The third kappa shape index (κ3) is 2.76. The number of rotatable bonds is 3. The molecule has 0 bridgehead atoms. The summed E-state index contributed by atoms with van der Waals surface area (Å²) in [6.45, 7) is 0. The molecule has 1 N–H and O–H groups in total. The smallest absolute Gasteiger partial charge is 0.252 e. The number of carbonyl (C=O) groups is 1. The van der Waals surface area contributed by atoms with Gasteiger partial charge in [-0.2, -0.15) is 0 Å². The molecule has 0 spiro atoms. The third-order valence-electron chi connectivity index (χ3n) is 4.56. The summed E-state index contributed by atoms with van der Waals surface area (Å²) in [6.07, 6.45) is 6.85. The van der Waals surface area contributed by atoms with Crippen molar-refractivity contribution in [3.63, 3.8) is 0 Å². The zero-order valence-corrected chi connectivity index (χ0v) is 13.5. The number of nitrogens with one attached hydrogen (secondary N) is 1. The van der Waals surface area contributed by atoms with Crippen molar-refractivity contribution in [2.24, 2.45) is 0 Å². The number of halogens is 2. The lowest BCUT2D eigenvalue weighted by atomic mass is 9.76. The highest BCUT2D eigenvalue weighted by molar-refractivity contribution is 6.30. The summed E-state index contributed by atoms with van der Waals surface area (Å²) in [6, 6.07) is 8.62. The van der Waals surface area contributed by atoms with Crippen LogP contribution in [0.15, 0.2) is 49.1 Å². The van der Waals surface area contributed by atoms with Crippen molar-refractivity contribution in [3.05, 3.63) is 71.0 Å². The van der Waals surface area contributed by atoms with Crippen LogP contribution in [0.2, 0.25) is 5.02 Å². The van der Waals surface area contributed by atoms with Crippen LogP contribution >= 0.6 is 11.6 Å². The molecule has 122 valence electrons. The third-order valence-corrected chi connectivity index (χ3v) is 4.85. The number of fused-ring (bicyclic) bond motifs is 1. The van der Waals surface area contributed by atoms with E-state index in [0.717, 1.165) is 23.9 Å². The Kier molecular flexibility index (Phi) is 3.73. The Labute approximate surface area is 143 Å². The number of amides is 1.